The first-order chi connectivity index (χ1) is 14.0. The molecule has 2 saturated heterocycles. The van der Waals surface area contributed by atoms with Gasteiger partial charge in [-0.05, 0) is 55.5 Å². The number of carbonyl (C=O) groups is 1. The summed E-state index contributed by atoms with van der Waals surface area (Å²) in [4.78, 5) is 18.9. The third kappa shape index (κ3) is 4.33. The second-order valence-corrected chi connectivity index (χ2v) is 8.16. The van der Waals surface area contributed by atoms with Crippen LogP contribution in [0, 0.1) is 18.7 Å². The fraction of sp³-hybridized carbons (Fsp3) is 0.500. The van der Waals surface area contributed by atoms with E-state index in [-0.39, 0.29) is 11.7 Å². The number of anilines is 2. The molecule has 7 heteroatoms. The number of amides is 1. The lowest BCUT2D eigenvalue weighted by Gasteiger charge is -2.35. The minimum atomic E-state index is -0.340. The molecule has 1 aromatic carbocycles. The second kappa shape index (κ2) is 8.35. The molecule has 2 aromatic rings. The third-order valence-electron chi connectivity index (χ3n) is 6.05. The molecular formula is C22H28FN5O. The van der Waals surface area contributed by atoms with Crippen LogP contribution in [0.4, 0.5) is 16.0 Å². The zero-order valence-electron chi connectivity index (χ0n) is 17.1. The molecule has 2 aliphatic heterocycles. The average Bonchev–Trinajstić information content (AvgIpc) is 2.76. The van der Waals surface area contributed by atoms with Gasteiger partial charge in [0.15, 0.2) is 11.6 Å². The molecule has 6 nitrogen and oxygen atoms in total. The van der Waals surface area contributed by atoms with Crippen molar-refractivity contribution in [2.24, 2.45) is 5.92 Å². The number of benzene rings is 1. The molecule has 3 heterocycles. The molecule has 0 N–H and O–H groups in total. The maximum atomic E-state index is 13.8. The van der Waals surface area contributed by atoms with Gasteiger partial charge in [0.1, 0.15) is 5.82 Å². The van der Waals surface area contributed by atoms with Crippen LogP contribution in [0.3, 0.4) is 0 Å². The van der Waals surface area contributed by atoms with Gasteiger partial charge >= 0.3 is 0 Å². The van der Waals surface area contributed by atoms with E-state index in [1.807, 2.05) is 12.1 Å². The van der Waals surface area contributed by atoms with Crippen LogP contribution >= 0.6 is 0 Å². The zero-order chi connectivity index (χ0) is 20.4. The minimum absolute atomic E-state index is 0.121. The van der Waals surface area contributed by atoms with Gasteiger partial charge in [0, 0.05) is 44.8 Å². The number of nitrogens with zero attached hydrogens (tertiary/aromatic N) is 5. The molecule has 0 aliphatic carbocycles. The van der Waals surface area contributed by atoms with Crippen LogP contribution in [0.2, 0.25) is 0 Å². The lowest BCUT2D eigenvalue weighted by molar-refractivity contribution is 0.0746. The first-order valence-electron chi connectivity index (χ1n) is 10.4. The standard InChI is InChI=1S/C22H28FN5O/c1-16-7-9-26(10-8-16)20-5-6-21(25-24-20)27-11-13-28(14-12-27)22(29)18-4-3-17(2)19(23)15-18/h3-6,15-16H,7-14H2,1-2H3. The summed E-state index contributed by atoms with van der Waals surface area (Å²) in [6.45, 7) is 8.62. The Kier molecular flexibility index (Phi) is 5.65. The minimum Gasteiger partial charge on any atom is -0.355 e. The van der Waals surface area contributed by atoms with E-state index in [0.29, 0.717) is 37.3 Å². The Labute approximate surface area is 171 Å². The van der Waals surface area contributed by atoms with E-state index < -0.39 is 0 Å². The average molecular weight is 397 g/mol. The summed E-state index contributed by atoms with van der Waals surface area (Å²) in [6.07, 6.45) is 2.40. The molecule has 1 amide bonds. The van der Waals surface area contributed by atoms with Crippen LogP contribution in [0.1, 0.15) is 35.7 Å². The van der Waals surface area contributed by atoms with Gasteiger partial charge in [-0.25, -0.2) is 4.39 Å². The van der Waals surface area contributed by atoms with Crippen LogP contribution in [0.15, 0.2) is 30.3 Å². The highest BCUT2D eigenvalue weighted by atomic mass is 19.1. The van der Waals surface area contributed by atoms with Gasteiger partial charge in [-0.2, -0.15) is 0 Å². The monoisotopic (exact) mass is 397 g/mol. The van der Waals surface area contributed by atoms with Crippen molar-refractivity contribution in [2.75, 3.05) is 49.1 Å². The number of hydrogen-bond donors (Lipinski definition) is 0. The van der Waals surface area contributed by atoms with E-state index in [1.54, 1.807) is 24.0 Å². The lowest BCUT2D eigenvalue weighted by atomic mass is 9.99. The smallest absolute Gasteiger partial charge is 0.254 e. The van der Waals surface area contributed by atoms with Crippen molar-refractivity contribution in [1.29, 1.82) is 0 Å². The van der Waals surface area contributed by atoms with E-state index in [1.165, 1.54) is 18.9 Å². The van der Waals surface area contributed by atoms with Crippen molar-refractivity contribution in [3.63, 3.8) is 0 Å². The third-order valence-corrected chi connectivity index (χ3v) is 6.05. The van der Waals surface area contributed by atoms with Crippen molar-refractivity contribution >= 4 is 17.5 Å². The van der Waals surface area contributed by atoms with Gasteiger partial charge in [-0.3, -0.25) is 4.79 Å². The molecular weight excluding hydrogens is 369 g/mol. The van der Waals surface area contributed by atoms with Crippen LogP contribution < -0.4 is 9.80 Å². The van der Waals surface area contributed by atoms with Crippen molar-refractivity contribution in [1.82, 2.24) is 15.1 Å². The molecule has 0 unspecified atom stereocenters. The van der Waals surface area contributed by atoms with E-state index in [9.17, 15) is 9.18 Å². The Hall–Kier alpha value is -2.70. The van der Waals surface area contributed by atoms with Gasteiger partial charge in [-0.15, -0.1) is 10.2 Å². The molecule has 2 aliphatic rings. The number of piperazine rings is 1. The molecule has 0 radical (unpaired) electrons. The maximum Gasteiger partial charge on any atom is 0.254 e. The molecule has 0 atom stereocenters. The summed E-state index contributed by atoms with van der Waals surface area (Å²) in [7, 11) is 0. The SMILES string of the molecule is Cc1ccc(C(=O)N2CCN(c3ccc(N4CCC(C)CC4)nn3)CC2)cc1F. The maximum absolute atomic E-state index is 13.8. The first-order valence-corrected chi connectivity index (χ1v) is 10.4. The second-order valence-electron chi connectivity index (χ2n) is 8.16. The quantitative estimate of drug-likeness (QED) is 0.797. The van der Waals surface area contributed by atoms with Gasteiger partial charge < -0.3 is 14.7 Å². The summed E-state index contributed by atoms with van der Waals surface area (Å²) in [5.74, 6) is 2.11. The number of hydrogen-bond acceptors (Lipinski definition) is 5. The molecule has 29 heavy (non-hydrogen) atoms. The van der Waals surface area contributed by atoms with Crippen LogP contribution in [0.25, 0.3) is 0 Å². The van der Waals surface area contributed by atoms with Crippen molar-refractivity contribution < 1.29 is 9.18 Å². The van der Waals surface area contributed by atoms with E-state index in [0.717, 1.165) is 30.6 Å². The predicted octanol–water partition coefficient (Wildman–Crippen LogP) is 3.12. The molecule has 2 fully saturated rings. The van der Waals surface area contributed by atoms with Crippen LogP contribution in [0.5, 0.6) is 0 Å². The number of rotatable bonds is 3. The Morgan fingerprint density at radius 3 is 2.07 bits per heavy atom. The fourth-order valence-electron chi connectivity index (χ4n) is 3.94. The molecule has 154 valence electrons. The van der Waals surface area contributed by atoms with E-state index in [2.05, 4.69) is 26.9 Å². The molecule has 0 bridgehead atoms. The van der Waals surface area contributed by atoms with E-state index in [4.69, 9.17) is 0 Å². The predicted molar refractivity (Wildman–Crippen MR) is 112 cm³/mol. The zero-order valence-corrected chi connectivity index (χ0v) is 17.1. The van der Waals surface area contributed by atoms with Gasteiger partial charge in [0.25, 0.3) is 5.91 Å². The van der Waals surface area contributed by atoms with Crippen LogP contribution in [-0.4, -0.2) is 60.3 Å². The Morgan fingerprint density at radius 1 is 0.931 bits per heavy atom. The highest BCUT2D eigenvalue weighted by molar-refractivity contribution is 5.94. The number of piperidine rings is 1. The number of aryl methyl sites for hydroxylation is 1. The number of carbonyl (C=O) groups excluding carboxylic acids is 1. The van der Waals surface area contributed by atoms with Gasteiger partial charge in [0.2, 0.25) is 0 Å². The lowest BCUT2D eigenvalue weighted by Crippen LogP contribution is -2.49. The van der Waals surface area contributed by atoms with Gasteiger partial charge in [0.05, 0.1) is 0 Å². The summed E-state index contributed by atoms with van der Waals surface area (Å²) in [5, 5.41) is 8.86. The summed E-state index contributed by atoms with van der Waals surface area (Å²) < 4.78 is 13.8. The van der Waals surface area contributed by atoms with Crippen LogP contribution in [-0.2, 0) is 0 Å². The first kappa shape index (κ1) is 19.6. The molecule has 0 spiro atoms. The van der Waals surface area contributed by atoms with Crippen molar-refractivity contribution in [2.45, 2.75) is 26.7 Å². The highest BCUT2D eigenvalue weighted by Crippen LogP contribution is 2.22. The molecule has 4 rings (SSSR count). The highest BCUT2D eigenvalue weighted by Gasteiger charge is 2.24. The van der Waals surface area contributed by atoms with E-state index >= 15 is 0 Å². The Balaban J connectivity index is 1.34. The normalized spacial score (nSPS) is 18.2. The van der Waals surface area contributed by atoms with Crippen molar-refractivity contribution in [3.8, 4) is 0 Å². The largest absolute Gasteiger partial charge is 0.355 e. The Morgan fingerprint density at radius 2 is 1.52 bits per heavy atom. The summed E-state index contributed by atoms with van der Waals surface area (Å²) >= 11 is 0. The molecule has 0 saturated carbocycles. The number of aromatic nitrogens is 2. The summed E-state index contributed by atoms with van der Waals surface area (Å²) in [6, 6.07) is 8.74. The summed E-state index contributed by atoms with van der Waals surface area (Å²) in [5.41, 5.74) is 0.953. The molecule has 1 aromatic heterocycles. The fourth-order valence-corrected chi connectivity index (χ4v) is 3.94. The van der Waals surface area contributed by atoms with Gasteiger partial charge in [-0.1, -0.05) is 13.0 Å². The Bertz CT molecular complexity index is 856. The topological polar surface area (TPSA) is 52.6 Å². The van der Waals surface area contributed by atoms with Crippen molar-refractivity contribution in [3.05, 3.63) is 47.3 Å². The number of halogens is 1.